The molecule has 35 heavy (non-hydrogen) atoms. The Kier molecular flexibility index (Phi) is 6.42. The van der Waals surface area contributed by atoms with E-state index >= 15 is 0 Å². The topological polar surface area (TPSA) is 106 Å². The number of benzene rings is 2. The van der Waals surface area contributed by atoms with Gasteiger partial charge in [-0.25, -0.2) is 18.4 Å². The molecule has 184 valence electrons. The summed E-state index contributed by atoms with van der Waals surface area (Å²) in [6.45, 7) is 8.53. The summed E-state index contributed by atoms with van der Waals surface area (Å²) in [7, 11) is -2.50. The number of aromatic nitrogens is 2. The number of carbonyl (C=O) groups is 1. The maximum Gasteiger partial charge on any atom is 0.267 e. The van der Waals surface area contributed by atoms with Gasteiger partial charge in [-0.1, -0.05) is 39.0 Å². The molecule has 0 saturated carbocycles. The van der Waals surface area contributed by atoms with E-state index in [2.05, 4.69) is 36.1 Å². The lowest BCUT2D eigenvalue weighted by Crippen LogP contribution is -2.44. The van der Waals surface area contributed by atoms with Crippen molar-refractivity contribution in [2.24, 2.45) is 4.99 Å². The first-order valence-corrected chi connectivity index (χ1v) is 12.7. The summed E-state index contributed by atoms with van der Waals surface area (Å²) < 4.78 is 34.8. The minimum Gasteiger partial charge on any atom is -0.492 e. The van der Waals surface area contributed by atoms with Gasteiger partial charge in [0.25, 0.3) is 15.9 Å². The zero-order valence-electron chi connectivity index (χ0n) is 20.4. The SMILES string of the molecule is CCOc1ccc(C(C)(C)C)cc1NC(=O)C(C1=Nc2ccccc2S(=O)(=O)N1C)n1ccnc1. The minimum atomic E-state index is -3.89. The predicted molar refractivity (Wildman–Crippen MR) is 135 cm³/mol. The summed E-state index contributed by atoms with van der Waals surface area (Å²) in [6.07, 6.45) is 4.59. The summed E-state index contributed by atoms with van der Waals surface area (Å²) in [5.74, 6) is 0.106. The van der Waals surface area contributed by atoms with Crippen LogP contribution in [0.4, 0.5) is 11.4 Å². The minimum absolute atomic E-state index is 0.0594. The lowest BCUT2D eigenvalue weighted by atomic mass is 9.87. The van der Waals surface area contributed by atoms with Crippen LogP contribution < -0.4 is 10.1 Å². The zero-order chi connectivity index (χ0) is 25.4. The van der Waals surface area contributed by atoms with Crippen molar-refractivity contribution >= 4 is 33.1 Å². The molecule has 4 rings (SSSR count). The van der Waals surface area contributed by atoms with Gasteiger partial charge in [-0.15, -0.1) is 0 Å². The van der Waals surface area contributed by atoms with Crippen molar-refractivity contribution in [3.8, 4) is 5.75 Å². The first kappa shape index (κ1) is 24.5. The van der Waals surface area contributed by atoms with E-state index in [0.29, 0.717) is 18.0 Å². The fourth-order valence-corrected chi connectivity index (χ4v) is 5.16. The highest BCUT2D eigenvalue weighted by Crippen LogP contribution is 2.35. The number of hydrogen-bond donors (Lipinski definition) is 1. The van der Waals surface area contributed by atoms with Gasteiger partial charge in [-0.2, -0.15) is 0 Å². The van der Waals surface area contributed by atoms with Crippen LogP contribution in [0.1, 0.15) is 39.3 Å². The molecule has 1 aliphatic rings. The molecule has 1 unspecified atom stereocenters. The number of nitrogens with zero attached hydrogens (tertiary/aromatic N) is 4. The van der Waals surface area contributed by atoms with Crippen molar-refractivity contribution in [2.45, 2.75) is 44.0 Å². The number of imidazole rings is 1. The molecule has 2 aromatic carbocycles. The molecule has 1 N–H and O–H groups in total. The van der Waals surface area contributed by atoms with E-state index in [1.54, 1.807) is 24.4 Å². The van der Waals surface area contributed by atoms with Gasteiger partial charge in [0.2, 0.25) is 0 Å². The Morgan fingerprint density at radius 2 is 1.91 bits per heavy atom. The Morgan fingerprint density at radius 1 is 1.17 bits per heavy atom. The average Bonchev–Trinajstić information content (AvgIpc) is 3.32. The van der Waals surface area contributed by atoms with Gasteiger partial charge in [0.05, 0.1) is 24.3 Å². The van der Waals surface area contributed by atoms with Gasteiger partial charge in [-0.05, 0) is 42.2 Å². The largest absolute Gasteiger partial charge is 0.492 e. The summed E-state index contributed by atoms with van der Waals surface area (Å²) in [6, 6.07) is 11.0. The van der Waals surface area contributed by atoms with Crippen molar-refractivity contribution in [1.29, 1.82) is 0 Å². The highest BCUT2D eigenvalue weighted by Gasteiger charge is 2.39. The Balaban J connectivity index is 1.80. The molecule has 1 aromatic heterocycles. The van der Waals surface area contributed by atoms with Crippen LogP contribution in [0.25, 0.3) is 0 Å². The third-order valence-electron chi connectivity index (χ3n) is 5.78. The average molecular weight is 496 g/mol. The number of amidine groups is 1. The normalized spacial score (nSPS) is 15.7. The highest BCUT2D eigenvalue weighted by atomic mass is 32.2. The van der Waals surface area contributed by atoms with Crippen LogP contribution in [0.3, 0.4) is 0 Å². The zero-order valence-corrected chi connectivity index (χ0v) is 21.2. The number of nitrogens with one attached hydrogen (secondary N) is 1. The highest BCUT2D eigenvalue weighted by molar-refractivity contribution is 7.90. The van der Waals surface area contributed by atoms with Crippen molar-refractivity contribution in [1.82, 2.24) is 13.9 Å². The van der Waals surface area contributed by atoms with Gasteiger partial charge >= 0.3 is 0 Å². The lowest BCUT2D eigenvalue weighted by Gasteiger charge is -2.31. The van der Waals surface area contributed by atoms with Gasteiger partial charge in [0.15, 0.2) is 11.9 Å². The van der Waals surface area contributed by atoms with E-state index in [0.717, 1.165) is 9.87 Å². The van der Waals surface area contributed by atoms with Crippen LogP contribution >= 0.6 is 0 Å². The van der Waals surface area contributed by atoms with Crippen molar-refractivity contribution in [3.05, 3.63) is 66.7 Å². The molecular weight excluding hydrogens is 466 g/mol. The van der Waals surface area contributed by atoms with E-state index in [1.165, 1.54) is 30.2 Å². The van der Waals surface area contributed by atoms with Crippen molar-refractivity contribution < 1.29 is 17.9 Å². The number of ether oxygens (including phenoxy) is 1. The molecule has 1 amide bonds. The van der Waals surface area contributed by atoms with Gasteiger partial charge in [0.1, 0.15) is 10.6 Å². The van der Waals surface area contributed by atoms with Crippen molar-refractivity contribution in [3.63, 3.8) is 0 Å². The predicted octanol–water partition coefficient (Wildman–Crippen LogP) is 4.12. The molecule has 9 nitrogen and oxygen atoms in total. The van der Waals surface area contributed by atoms with Crippen LogP contribution in [0.2, 0.25) is 0 Å². The Morgan fingerprint density at radius 3 is 2.57 bits per heavy atom. The summed E-state index contributed by atoms with van der Waals surface area (Å²) >= 11 is 0. The maximum absolute atomic E-state index is 13.8. The van der Waals surface area contributed by atoms with E-state index in [4.69, 9.17) is 4.74 Å². The maximum atomic E-state index is 13.8. The molecular formula is C25H29N5O4S. The molecule has 0 saturated heterocycles. The van der Waals surface area contributed by atoms with Crippen LogP contribution in [0, 0.1) is 0 Å². The first-order chi connectivity index (χ1) is 16.5. The van der Waals surface area contributed by atoms with Gasteiger partial charge < -0.3 is 14.6 Å². The Hall–Kier alpha value is -3.66. The monoisotopic (exact) mass is 495 g/mol. The molecule has 0 fully saturated rings. The molecule has 1 aliphatic heterocycles. The van der Waals surface area contributed by atoms with Gasteiger partial charge in [0, 0.05) is 19.4 Å². The van der Waals surface area contributed by atoms with Crippen molar-refractivity contribution in [2.75, 3.05) is 19.0 Å². The molecule has 0 bridgehead atoms. The standard InChI is InChI=1S/C25H29N5O4S/c1-6-34-20-12-11-17(25(2,3)4)15-19(20)28-24(31)22(30-14-13-26-16-30)23-27-18-9-7-8-10-21(18)35(32,33)29(23)5/h7-16,22H,6H2,1-5H3,(H,28,31). The Bertz CT molecular complexity index is 1380. The summed E-state index contributed by atoms with van der Waals surface area (Å²) in [4.78, 5) is 22.5. The third kappa shape index (κ3) is 4.66. The number of amides is 1. The second kappa shape index (κ2) is 9.18. The number of anilines is 1. The van der Waals surface area contributed by atoms with E-state index < -0.39 is 22.0 Å². The molecule has 10 heteroatoms. The fourth-order valence-electron chi connectivity index (χ4n) is 3.85. The quantitative estimate of drug-likeness (QED) is 0.554. The number of sulfonamides is 1. The fraction of sp³-hybridized carbons (Fsp3) is 0.320. The number of rotatable bonds is 6. The number of para-hydroxylation sites is 1. The van der Waals surface area contributed by atoms with Crippen LogP contribution in [-0.2, 0) is 20.2 Å². The second-order valence-corrected chi connectivity index (χ2v) is 11.1. The van der Waals surface area contributed by atoms with E-state index in [1.807, 2.05) is 25.1 Å². The van der Waals surface area contributed by atoms with E-state index in [-0.39, 0.29) is 21.8 Å². The first-order valence-electron chi connectivity index (χ1n) is 11.3. The second-order valence-electron chi connectivity index (χ2n) is 9.21. The van der Waals surface area contributed by atoms with Crippen LogP contribution in [-0.4, -0.2) is 47.7 Å². The van der Waals surface area contributed by atoms with Gasteiger partial charge in [-0.3, -0.25) is 9.10 Å². The van der Waals surface area contributed by atoms with Crippen LogP contribution in [0.5, 0.6) is 5.75 Å². The van der Waals surface area contributed by atoms with E-state index in [9.17, 15) is 13.2 Å². The molecule has 3 aromatic rings. The molecule has 1 atom stereocenters. The molecule has 2 heterocycles. The molecule has 0 spiro atoms. The Labute approximate surface area is 205 Å². The number of aliphatic imine (C=N–C) groups is 1. The number of carbonyl (C=O) groups excluding carboxylic acids is 1. The smallest absolute Gasteiger partial charge is 0.267 e. The number of fused-ring (bicyclic) bond motifs is 1. The molecule has 0 radical (unpaired) electrons. The lowest BCUT2D eigenvalue weighted by molar-refractivity contribution is -0.117. The van der Waals surface area contributed by atoms with Crippen LogP contribution in [0.15, 0.2) is 71.1 Å². The number of likely N-dealkylation sites (N-methyl/N-ethyl adjacent to an activating group) is 1. The molecule has 0 aliphatic carbocycles. The summed E-state index contributed by atoms with van der Waals surface area (Å²) in [5.41, 5.74) is 1.64. The number of hydrogen-bond acceptors (Lipinski definition) is 6. The summed E-state index contributed by atoms with van der Waals surface area (Å²) in [5, 5.41) is 2.95. The third-order valence-corrected chi connectivity index (χ3v) is 7.59.